The van der Waals surface area contributed by atoms with Gasteiger partial charge in [-0.3, -0.25) is 14.4 Å². The third-order valence-electron chi connectivity index (χ3n) is 5.67. The van der Waals surface area contributed by atoms with Gasteiger partial charge in [-0.15, -0.1) is 0 Å². The summed E-state index contributed by atoms with van der Waals surface area (Å²) in [6.45, 7) is 1.59. The summed E-state index contributed by atoms with van der Waals surface area (Å²) in [5.41, 5.74) is 7.81. The fourth-order valence-electron chi connectivity index (χ4n) is 3.79. The van der Waals surface area contributed by atoms with E-state index in [0.717, 1.165) is 44.5 Å². The van der Waals surface area contributed by atoms with E-state index in [1.54, 1.807) is 36.4 Å². The van der Waals surface area contributed by atoms with Crippen LogP contribution in [0.4, 0.5) is 17.1 Å². The lowest BCUT2D eigenvalue weighted by Gasteiger charge is -2.30. The summed E-state index contributed by atoms with van der Waals surface area (Å²) in [7, 11) is 0. The van der Waals surface area contributed by atoms with E-state index in [4.69, 9.17) is 10.5 Å². The number of nitrogens with two attached hydrogens (primary N) is 1. The first-order chi connectivity index (χ1) is 15.5. The van der Waals surface area contributed by atoms with Crippen molar-refractivity contribution < 1.29 is 19.1 Å². The number of rotatable bonds is 8. The molecule has 2 aliphatic rings. The van der Waals surface area contributed by atoms with Gasteiger partial charge < -0.3 is 26.0 Å². The molecule has 0 spiro atoms. The minimum absolute atomic E-state index is 0.0134. The summed E-state index contributed by atoms with van der Waals surface area (Å²) in [6.07, 6.45) is 5.21. The second-order valence-corrected chi connectivity index (χ2v) is 8.27. The molecule has 8 heteroatoms. The lowest BCUT2D eigenvalue weighted by molar-refractivity contribution is -0.118. The monoisotopic (exact) mass is 436 g/mol. The van der Waals surface area contributed by atoms with Gasteiger partial charge in [-0.1, -0.05) is 6.07 Å². The maximum Gasteiger partial charge on any atom is 0.262 e. The molecule has 8 nitrogen and oxygen atoms in total. The minimum Gasteiger partial charge on any atom is -0.484 e. The molecule has 1 aliphatic heterocycles. The molecular formula is C24H28N4O4. The second kappa shape index (κ2) is 9.72. The van der Waals surface area contributed by atoms with Gasteiger partial charge in [0.25, 0.3) is 5.91 Å². The van der Waals surface area contributed by atoms with E-state index in [9.17, 15) is 14.4 Å². The Morgan fingerprint density at radius 2 is 1.78 bits per heavy atom. The number of amides is 3. The van der Waals surface area contributed by atoms with Crippen LogP contribution in [-0.4, -0.2) is 37.4 Å². The molecule has 0 aromatic heterocycles. The number of nitrogens with one attached hydrogen (secondary N) is 2. The van der Waals surface area contributed by atoms with Gasteiger partial charge in [0.1, 0.15) is 5.75 Å². The number of hydrogen-bond acceptors (Lipinski definition) is 5. The number of benzene rings is 2. The summed E-state index contributed by atoms with van der Waals surface area (Å²) in [4.78, 5) is 38.4. The maximum atomic E-state index is 12.6. The molecule has 4 N–H and O–H groups in total. The standard InChI is InChI=1S/C24H28N4O4/c25-23(30)17-9-10-21(28-11-2-1-3-12-28)20(13-17)27-22(29)15-32-19-6-4-5-18(14-19)26-24(31)16-7-8-16/h4-6,9-10,13-14,16H,1-3,7-8,11-12,15H2,(H2,25,30)(H,26,31)(H,27,29). The Labute approximate surface area is 187 Å². The molecule has 0 bridgehead atoms. The minimum atomic E-state index is -0.549. The molecule has 2 aromatic carbocycles. The molecule has 3 amide bonds. The van der Waals surface area contributed by atoms with Crippen molar-refractivity contribution in [2.75, 3.05) is 35.2 Å². The first-order valence-electron chi connectivity index (χ1n) is 11.0. The van der Waals surface area contributed by atoms with E-state index in [-0.39, 0.29) is 24.3 Å². The molecule has 0 radical (unpaired) electrons. The van der Waals surface area contributed by atoms with Crippen molar-refractivity contribution in [1.29, 1.82) is 0 Å². The van der Waals surface area contributed by atoms with Gasteiger partial charge in [0.15, 0.2) is 6.61 Å². The van der Waals surface area contributed by atoms with Gasteiger partial charge in [0.2, 0.25) is 11.8 Å². The van der Waals surface area contributed by atoms with Crippen molar-refractivity contribution in [2.45, 2.75) is 32.1 Å². The Balaban J connectivity index is 1.40. The molecule has 2 aromatic rings. The first-order valence-corrected chi connectivity index (χ1v) is 11.0. The number of nitrogens with zero attached hydrogens (tertiary/aromatic N) is 1. The van der Waals surface area contributed by atoms with Crippen LogP contribution in [-0.2, 0) is 9.59 Å². The molecule has 32 heavy (non-hydrogen) atoms. The van der Waals surface area contributed by atoms with E-state index in [1.807, 2.05) is 6.07 Å². The van der Waals surface area contributed by atoms with Crippen LogP contribution in [0, 0.1) is 5.92 Å². The van der Waals surface area contributed by atoms with Gasteiger partial charge in [-0.2, -0.15) is 0 Å². The van der Waals surface area contributed by atoms with Crippen molar-refractivity contribution in [3.8, 4) is 5.75 Å². The molecule has 0 atom stereocenters. The lowest BCUT2D eigenvalue weighted by Crippen LogP contribution is -2.31. The number of piperidine rings is 1. The zero-order valence-electron chi connectivity index (χ0n) is 17.9. The van der Waals surface area contributed by atoms with Crippen molar-refractivity contribution in [2.24, 2.45) is 11.7 Å². The molecule has 1 heterocycles. The molecule has 2 fully saturated rings. The number of hydrogen-bond donors (Lipinski definition) is 3. The molecule has 168 valence electrons. The molecule has 1 aliphatic carbocycles. The third-order valence-corrected chi connectivity index (χ3v) is 5.67. The average Bonchev–Trinajstić information content (AvgIpc) is 3.64. The van der Waals surface area contributed by atoms with E-state index >= 15 is 0 Å². The summed E-state index contributed by atoms with van der Waals surface area (Å²) in [5.74, 6) is -0.296. The highest BCUT2D eigenvalue weighted by Crippen LogP contribution is 2.31. The molecule has 0 unspecified atom stereocenters. The third kappa shape index (κ3) is 5.57. The fraction of sp³-hybridized carbons (Fsp3) is 0.375. The Hall–Kier alpha value is -3.55. The Kier molecular flexibility index (Phi) is 6.58. The van der Waals surface area contributed by atoms with Crippen LogP contribution in [0.3, 0.4) is 0 Å². The summed E-state index contributed by atoms with van der Waals surface area (Å²) < 4.78 is 5.63. The number of carbonyl (C=O) groups is 3. The highest BCUT2D eigenvalue weighted by molar-refractivity contribution is 6.00. The van der Waals surface area contributed by atoms with Crippen LogP contribution in [0.2, 0.25) is 0 Å². The van der Waals surface area contributed by atoms with Crippen molar-refractivity contribution in [3.63, 3.8) is 0 Å². The number of ether oxygens (including phenoxy) is 1. The van der Waals surface area contributed by atoms with Crippen LogP contribution in [0.5, 0.6) is 5.75 Å². The predicted molar refractivity (Wildman–Crippen MR) is 123 cm³/mol. The number of anilines is 3. The van der Waals surface area contributed by atoms with E-state index in [2.05, 4.69) is 15.5 Å². The fourth-order valence-corrected chi connectivity index (χ4v) is 3.79. The molecule has 4 rings (SSSR count). The Bertz CT molecular complexity index is 1010. The Morgan fingerprint density at radius 3 is 2.50 bits per heavy atom. The van der Waals surface area contributed by atoms with Crippen LogP contribution in [0.15, 0.2) is 42.5 Å². The second-order valence-electron chi connectivity index (χ2n) is 8.27. The van der Waals surface area contributed by atoms with E-state index in [0.29, 0.717) is 22.7 Å². The molecular weight excluding hydrogens is 408 g/mol. The highest BCUT2D eigenvalue weighted by atomic mass is 16.5. The van der Waals surface area contributed by atoms with Crippen LogP contribution in [0.1, 0.15) is 42.5 Å². The quantitative estimate of drug-likeness (QED) is 0.588. The average molecular weight is 437 g/mol. The smallest absolute Gasteiger partial charge is 0.262 e. The highest BCUT2D eigenvalue weighted by Gasteiger charge is 2.29. The number of carbonyl (C=O) groups excluding carboxylic acids is 3. The Morgan fingerprint density at radius 1 is 1.00 bits per heavy atom. The topological polar surface area (TPSA) is 114 Å². The van der Waals surface area contributed by atoms with Crippen molar-refractivity contribution in [1.82, 2.24) is 0 Å². The maximum absolute atomic E-state index is 12.6. The zero-order valence-corrected chi connectivity index (χ0v) is 17.9. The normalized spacial score (nSPS) is 15.7. The predicted octanol–water partition coefficient (Wildman–Crippen LogP) is 3.14. The van der Waals surface area contributed by atoms with Crippen LogP contribution >= 0.6 is 0 Å². The SMILES string of the molecule is NC(=O)c1ccc(N2CCCCC2)c(NC(=O)COc2cccc(NC(=O)C3CC3)c2)c1. The van der Waals surface area contributed by atoms with E-state index < -0.39 is 5.91 Å². The molecule has 1 saturated carbocycles. The molecule has 1 saturated heterocycles. The van der Waals surface area contributed by atoms with Crippen LogP contribution < -0.4 is 26.0 Å². The summed E-state index contributed by atoms with van der Waals surface area (Å²) in [5, 5.41) is 5.72. The van der Waals surface area contributed by atoms with Gasteiger partial charge in [-0.25, -0.2) is 0 Å². The van der Waals surface area contributed by atoms with Gasteiger partial charge in [-0.05, 0) is 62.4 Å². The first kappa shape index (κ1) is 21.7. The summed E-state index contributed by atoms with van der Waals surface area (Å²) >= 11 is 0. The lowest BCUT2D eigenvalue weighted by atomic mass is 10.1. The largest absolute Gasteiger partial charge is 0.484 e. The van der Waals surface area contributed by atoms with Crippen molar-refractivity contribution in [3.05, 3.63) is 48.0 Å². The van der Waals surface area contributed by atoms with E-state index in [1.165, 1.54) is 6.42 Å². The summed E-state index contributed by atoms with van der Waals surface area (Å²) in [6, 6.07) is 12.1. The number of primary amides is 1. The van der Waals surface area contributed by atoms with Crippen LogP contribution in [0.25, 0.3) is 0 Å². The zero-order chi connectivity index (χ0) is 22.5. The van der Waals surface area contributed by atoms with Crippen molar-refractivity contribution >= 4 is 34.8 Å². The van der Waals surface area contributed by atoms with Gasteiger partial charge in [0, 0.05) is 36.3 Å². The van der Waals surface area contributed by atoms with Gasteiger partial charge >= 0.3 is 0 Å². The van der Waals surface area contributed by atoms with Gasteiger partial charge in [0.05, 0.1) is 11.4 Å².